The maximum atomic E-state index is 15.4. The highest BCUT2D eigenvalue weighted by Gasteiger charge is 2.35. The Bertz CT molecular complexity index is 1930. The van der Waals surface area contributed by atoms with Crippen LogP contribution in [0, 0.1) is 11.7 Å². The monoisotopic (exact) mass is 590 g/mol. The molecule has 2 aromatic carbocycles. The van der Waals surface area contributed by atoms with Crippen LogP contribution in [0.3, 0.4) is 0 Å². The smallest absolute Gasteiger partial charge is 0.254 e. The summed E-state index contributed by atoms with van der Waals surface area (Å²) in [5, 5.41) is 11.3. The molecule has 2 aliphatic heterocycles. The summed E-state index contributed by atoms with van der Waals surface area (Å²) in [4.78, 5) is 37.9. The van der Waals surface area contributed by atoms with E-state index in [0.29, 0.717) is 69.0 Å². The van der Waals surface area contributed by atoms with Gasteiger partial charge in [0.1, 0.15) is 17.5 Å². The number of hydrogen-bond acceptors (Lipinski definition) is 6. The zero-order valence-electron chi connectivity index (χ0n) is 21.5. The number of rotatable bonds is 4. The van der Waals surface area contributed by atoms with Crippen molar-refractivity contribution < 1.29 is 9.18 Å². The fourth-order valence-corrected chi connectivity index (χ4v) is 6.00. The van der Waals surface area contributed by atoms with Gasteiger partial charge in [-0.2, -0.15) is 0 Å². The number of H-pyrrole nitrogens is 1. The Morgan fingerprint density at radius 1 is 1.07 bits per heavy atom. The fourth-order valence-electron chi connectivity index (χ4n) is 5.70. The maximum Gasteiger partial charge on any atom is 0.254 e. The molecule has 2 N–H and O–H groups in total. The van der Waals surface area contributed by atoms with Crippen molar-refractivity contribution in [2.24, 2.45) is 5.92 Å². The number of halogens is 3. The molecular weight excluding hydrogens is 570 g/mol. The van der Waals surface area contributed by atoms with Gasteiger partial charge >= 0.3 is 0 Å². The topological polar surface area (TPSA) is 123 Å². The molecule has 0 radical (unpaired) electrons. The molecule has 0 aliphatic carbocycles. The normalized spacial score (nSPS) is 17.8. The molecule has 206 valence electrons. The Kier molecular flexibility index (Phi) is 6.02. The highest BCUT2D eigenvalue weighted by Crippen LogP contribution is 2.37. The lowest BCUT2D eigenvalue weighted by molar-refractivity contribution is -0.116. The van der Waals surface area contributed by atoms with Gasteiger partial charge in [-0.1, -0.05) is 35.3 Å². The third-order valence-electron chi connectivity index (χ3n) is 7.58. The molecule has 0 spiro atoms. The lowest BCUT2D eigenvalue weighted by Crippen LogP contribution is -2.26. The summed E-state index contributed by atoms with van der Waals surface area (Å²) in [6, 6.07) is 9.56. The van der Waals surface area contributed by atoms with Gasteiger partial charge in [-0.3, -0.25) is 14.2 Å². The molecule has 13 heteroatoms. The van der Waals surface area contributed by atoms with Crippen LogP contribution in [0.15, 0.2) is 53.6 Å². The van der Waals surface area contributed by atoms with Crippen molar-refractivity contribution in [3.05, 3.63) is 92.4 Å². The molecule has 5 heterocycles. The van der Waals surface area contributed by atoms with Crippen LogP contribution in [0.2, 0.25) is 10.2 Å². The zero-order chi connectivity index (χ0) is 28.4. The Balaban J connectivity index is 1.26. The van der Waals surface area contributed by atoms with E-state index in [-0.39, 0.29) is 29.0 Å². The number of anilines is 1. The molecule has 0 fully saturated rings. The molecular formula is C28H21Cl2FN8O2. The second-order valence-electron chi connectivity index (χ2n) is 10.2. The molecule has 3 aromatic heterocycles. The number of carbonyl (C=O) groups is 1. The van der Waals surface area contributed by atoms with Gasteiger partial charge in [0.2, 0.25) is 5.91 Å². The number of fused-ring (bicyclic) bond motifs is 2. The van der Waals surface area contributed by atoms with Gasteiger partial charge in [0, 0.05) is 46.3 Å². The fraction of sp³-hybridized carbons (Fsp3) is 0.214. The van der Waals surface area contributed by atoms with Crippen molar-refractivity contribution >= 4 is 34.8 Å². The number of imidazole rings is 1. The SMILES string of the molecule is C[C@H]1Cc2nc(-c3cc(Cl)ccc3-n3cc(Cl)nn3)cc(=O)n2[C@@H]1c1ncc(-c2ccc3c(c2F)CCC(=O)N3)[nH]1. The molecule has 10 nitrogen and oxygen atoms in total. The number of amides is 1. The molecule has 2 atom stereocenters. The first kappa shape index (κ1) is 25.6. The highest BCUT2D eigenvalue weighted by atomic mass is 35.5. The first-order valence-electron chi connectivity index (χ1n) is 12.9. The van der Waals surface area contributed by atoms with Crippen molar-refractivity contribution in [3.8, 4) is 28.2 Å². The van der Waals surface area contributed by atoms with Crippen molar-refractivity contribution in [1.29, 1.82) is 0 Å². The van der Waals surface area contributed by atoms with Crippen LogP contribution in [0.1, 0.15) is 36.6 Å². The van der Waals surface area contributed by atoms with E-state index in [0.717, 1.165) is 0 Å². The molecule has 5 aromatic rings. The molecule has 0 bridgehead atoms. The van der Waals surface area contributed by atoms with Gasteiger partial charge in [0.15, 0.2) is 5.15 Å². The van der Waals surface area contributed by atoms with Crippen molar-refractivity contribution in [2.45, 2.75) is 32.2 Å². The van der Waals surface area contributed by atoms with E-state index < -0.39 is 11.9 Å². The van der Waals surface area contributed by atoms with E-state index in [1.165, 1.54) is 10.7 Å². The summed E-state index contributed by atoms with van der Waals surface area (Å²) in [7, 11) is 0. The maximum absolute atomic E-state index is 15.4. The molecule has 7 rings (SSSR count). The van der Waals surface area contributed by atoms with Crippen LogP contribution in [0.25, 0.3) is 28.2 Å². The second-order valence-corrected chi connectivity index (χ2v) is 11.0. The number of carbonyl (C=O) groups excluding carboxylic acids is 1. The van der Waals surface area contributed by atoms with Crippen molar-refractivity contribution in [3.63, 3.8) is 0 Å². The van der Waals surface area contributed by atoms with Gasteiger partial charge in [-0.05, 0) is 42.7 Å². The second kappa shape index (κ2) is 9.64. The van der Waals surface area contributed by atoms with Crippen LogP contribution in [-0.4, -0.2) is 40.4 Å². The summed E-state index contributed by atoms with van der Waals surface area (Å²) in [6.45, 7) is 2.02. The quantitative estimate of drug-likeness (QED) is 0.304. The van der Waals surface area contributed by atoms with Gasteiger partial charge < -0.3 is 10.3 Å². The van der Waals surface area contributed by atoms with Crippen molar-refractivity contribution in [1.82, 2.24) is 34.5 Å². The minimum absolute atomic E-state index is 0.0130. The number of benzene rings is 2. The summed E-state index contributed by atoms with van der Waals surface area (Å²) >= 11 is 12.3. The summed E-state index contributed by atoms with van der Waals surface area (Å²) in [5.74, 6) is 0.599. The van der Waals surface area contributed by atoms with E-state index in [1.807, 2.05) is 6.92 Å². The van der Waals surface area contributed by atoms with E-state index in [9.17, 15) is 9.59 Å². The van der Waals surface area contributed by atoms with Crippen LogP contribution in [0.5, 0.6) is 0 Å². The van der Waals surface area contributed by atoms with Gasteiger partial charge in [0.25, 0.3) is 5.56 Å². The molecule has 0 saturated heterocycles. The van der Waals surface area contributed by atoms with Crippen LogP contribution >= 0.6 is 23.2 Å². The van der Waals surface area contributed by atoms with E-state index >= 15 is 4.39 Å². The zero-order valence-corrected chi connectivity index (χ0v) is 23.0. The molecule has 0 unspecified atom stereocenters. The third kappa shape index (κ3) is 4.32. The molecule has 2 aliphatic rings. The summed E-state index contributed by atoms with van der Waals surface area (Å²) in [6.07, 6.45) is 4.22. The largest absolute Gasteiger partial charge is 0.340 e. The van der Waals surface area contributed by atoms with Crippen LogP contribution in [-0.2, 0) is 17.6 Å². The minimum atomic E-state index is -0.416. The molecule has 1 amide bonds. The average molecular weight is 591 g/mol. The summed E-state index contributed by atoms with van der Waals surface area (Å²) < 4.78 is 18.6. The Morgan fingerprint density at radius 3 is 2.73 bits per heavy atom. The predicted octanol–water partition coefficient (Wildman–Crippen LogP) is 4.99. The average Bonchev–Trinajstić information content (AvgIpc) is 3.67. The number of aromatic nitrogens is 7. The highest BCUT2D eigenvalue weighted by molar-refractivity contribution is 6.31. The number of hydrogen-bond donors (Lipinski definition) is 2. The minimum Gasteiger partial charge on any atom is -0.340 e. The van der Waals surface area contributed by atoms with E-state index in [1.54, 1.807) is 47.3 Å². The lowest BCUT2D eigenvalue weighted by atomic mass is 9.98. The van der Waals surface area contributed by atoms with Gasteiger partial charge in [-0.25, -0.2) is 19.0 Å². The van der Waals surface area contributed by atoms with E-state index in [2.05, 4.69) is 25.6 Å². The van der Waals surface area contributed by atoms with E-state index in [4.69, 9.17) is 28.2 Å². The lowest BCUT2D eigenvalue weighted by Gasteiger charge is -2.19. The van der Waals surface area contributed by atoms with Gasteiger partial charge in [-0.15, -0.1) is 5.10 Å². The van der Waals surface area contributed by atoms with Gasteiger partial charge in [0.05, 0.1) is 35.5 Å². The standard InChI is InChI=1S/C28H21Cl2FN8O2/c1-13-8-23-33-19(17-9-14(29)2-6-21(17)38-12-22(30)36-37-38)10-25(41)39(23)27(13)28-32-11-20(35-28)16-3-5-18-15(26(16)31)4-7-24(40)34-18/h2-3,5-6,9-13,27H,4,7-8H2,1H3,(H,32,35)(H,34,40)/t13-,27-/m0/s1. The number of nitrogens with zero attached hydrogens (tertiary/aromatic N) is 6. The summed E-state index contributed by atoms with van der Waals surface area (Å²) in [5.41, 5.74) is 3.23. The van der Waals surface area contributed by atoms with Crippen LogP contribution in [0.4, 0.5) is 10.1 Å². The van der Waals surface area contributed by atoms with Crippen molar-refractivity contribution in [2.75, 3.05) is 5.32 Å². The Labute approximate surface area is 242 Å². The Morgan fingerprint density at radius 2 is 1.93 bits per heavy atom. The van der Waals surface area contributed by atoms with Crippen LogP contribution < -0.4 is 10.9 Å². The molecule has 0 saturated carbocycles. The predicted molar refractivity (Wildman–Crippen MR) is 151 cm³/mol. The first-order chi connectivity index (χ1) is 19.8. The molecule has 41 heavy (non-hydrogen) atoms. The number of nitrogens with one attached hydrogen (secondary N) is 2. The first-order valence-corrected chi connectivity index (χ1v) is 13.7. The Hall–Kier alpha value is -4.35. The number of aromatic amines is 1. The third-order valence-corrected chi connectivity index (χ3v) is 7.99.